The summed E-state index contributed by atoms with van der Waals surface area (Å²) in [6.45, 7) is 3.76. The van der Waals surface area contributed by atoms with Crippen molar-refractivity contribution >= 4 is 11.6 Å². The predicted molar refractivity (Wildman–Crippen MR) is 105 cm³/mol. The second kappa shape index (κ2) is 8.43. The highest BCUT2D eigenvalue weighted by Crippen LogP contribution is 2.43. The number of benzene rings is 1. The molecule has 4 nitrogen and oxygen atoms in total. The number of pyridine rings is 1. The minimum absolute atomic E-state index is 0.00253. The van der Waals surface area contributed by atoms with Crippen LogP contribution in [0.1, 0.15) is 54.5 Å². The van der Waals surface area contributed by atoms with Gasteiger partial charge in [0.2, 0.25) is 0 Å². The molecule has 1 heterocycles. The molecule has 1 aromatic carbocycles. The molecule has 1 aliphatic carbocycles. The highest BCUT2D eigenvalue weighted by molar-refractivity contribution is 5.80. The molecule has 0 saturated heterocycles. The van der Waals surface area contributed by atoms with Gasteiger partial charge in [0.15, 0.2) is 0 Å². The van der Waals surface area contributed by atoms with Gasteiger partial charge in [0, 0.05) is 25.3 Å². The van der Waals surface area contributed by atoms with Crippen LogP contribution in [-0.4, -0.2) is 17.9 Å². The number of halogens is 3. The molecule has 2 unspecified atom stereocenters. The summed E-state index contributed by atoms with van der Waals surface area (Å²) in [5.41, 5.74) is 0.340. The average molecular weight is 406 g/mol. The normalized spacial score (nSPS) is 19.9. The van der Waals surface area contributed by atoms with Gasteiger partial charge in [0.1, 0.15) is 17.4 Å². The van der Waals surface area contributed by atoms with Crippen molar-refractivity contribution in [3.05, 3.63) is 52.7 Å². The number of aromatic nitrogens is 1. The third-order valence-electron chi connectivity index (χ3n) is 5.52. The third-order valence-corrected chi connectivity index (χ3v) is 5.52. The van der Waals surface area contributed by atoms with E-state index in [1.54, 1.807) is 7.11 Å². The van der Waals surface area contributed by atoms with E-state index in [2.05, 4.69) is 10.3 Å². The quantitative estimate of drug-likeness (QED) is 0.712. The van der Waals surface area contributed by atoms with Crippen LogP contribution in [-0.2, 0) is 17.5 Å². The number of nitrogens with one attached hydrogen (secondary N) is 1. The van der Waals surface area contributed by atoms with E-state index in [1.807, 2.05) is 31.2 Å². The number of Topliss-reactive ketones (excluding diaryl/α,β-unsaturated/α-hetero) is 1. The fourth-order valence-corrected chi connectivity index (χ4v) is 3.87. The maximum absolute atomic E-state index is 13.8. The first kappa shape index (κ1) is 21.1. The van der Waals surface area contributed by atoms with Gasteiger partial charge in [0.05, 0.1) is 18.4 Å². The van der Waals surface area contributed by atoms with Crippen molar-refractivity contribution in [2.45, 2.75) is 51.7 Å². The van der Waals surface area contributed by atoms with Gasteiger partial charge in [-0.2, -0.15) is 13.2 Å². The van der Waals surface area contributed by atoms with E-state index >= 15 is 0 Å². The maximum atomic E-state index is 13.8. The van der Waals surface area contributed by atoms with E-state index in [9.17, 15) is 18.0 Å². The number of aryl methyl sites for hydroxylation is 1. The van der Waals surface area contributed by atoms with Crippen molar-refractivity contribution in [1.29, 1.82) is 0 Å². The Morgan fingerprint density at radius 3 is 2.55 bits per heavy atom. The Kier molecular flexibility index (Phi) is 6.15. The Morgan fingerprint density at radius 1 is 1.24 bits per heavy atom. The van der Waals surface area contributed by atoms with E-state index in [0.29, 0.717) is 25.2 Å². The number of ether oxygens (including phenoxy) is 1. The van der Waals surface area contributed by atoms with Gasteiger partial charge in [-0.3, -0.25) is 4.79 Å². The zero-order valence-corrected chi connectivity index (χ0v) is 16.8. The first-order valence-corrected chi connectivity index (χ1v) is 9.66. The highest BCUT2D eigenvalue weighted by atomic mass is 19.4. The Labute approximate surface area is 168 Å². The molecule has 1 aromatic heterocycles. The highest BCUT2D eigenvalue weighted by Gasteiger charge is 2.41. The molecule has 1 fully saturated rings. The Bertz CT molecular complexity index is 879. The summed E-state index contributed by atoms with van der Waals surface area (Å²) >= 11 is 0. The van der Waals surface area contributed by atoms with E-state index in [0.717, 1.165) is 11.3 Å². The minimum Gasteiger partial charge on any atom is -0.497 e. The van der Waals surface area contributed by atoms with Gasteiger partial charge < -0.3 is 10.1 Å². The van der Waals surface area contributed by atoms with Crippen LogP contribution < -0.4 is 10.1 Å². The maximum Gasteiger partial charge on any atom is 0.418 e. The molecule has 0 amide bonds. The predicted octanol–water partition coefficient (Wildman–Crippen LogP) is 5.50. The van der Waals surface area contributed by atoms with Crippen LogP contribution in [0.5, 0.6) is 5.75 Å². The Hall–Kier alpha value is -2.57. The van der Waals surface area contributed by atoms with Gasteiger partial charge in [-0.15, -0.1) is 0 Å². The minimum atomic E-state index is -4.51. The molecule has 0 bridgehead atoms. The van der Waals surface area contributed by atoms with Gasteiger partial charge >= 0.3 is 6.18 Å². The van der Waals surface area contributed by atoms with Crippen LogP contribution in [0, 0.1) is 12.8 Å². The molecule has 1 saturated carbocycles. The van der Waals surface area contributed by atoms with Crippen LogP contribution in [0.4, 0.5) is 19.0 Å². The summed E-state index contributed by atoms with van der Waals surface area (Å²) < 4.78 is 46.5. The number of carbonyl (C=O) groups is 1. The number of hydrogen-bond donors (Lipinski definition) is 1. The summed E-state index contributed by atoms with van der Waals surface area (Å²) in [5.74, 6) is 0.561. The molecule has 2 atom stereocenters. The molecule has 3 rings (SSSR count). The van der Waals surface area contributed by atoms with Crippen molar-refractivity contribution in [2.24, 2.45) is 5.92 Å². The van der Waals surface area contributed by atoms with Crippen LogP contribution in [0.2, 0.25) is 0 Å². The van der Waals surface area contributed by atoms with Crippen molar-refractivity contribution in [1.82, 2.24) is 4.98 Å². The largest absolute Gasteiger partial charge is 0.497 e. The standard InChI is InChI=1S/C22H25F3N2O2/c1-13-4-7-16(28)11-18(13)21-20(22(23,24)25)14(2)10-19(27-21)26-12-15-5-8-17(29-3)9-6-15/h5-6,8-10,13,18H,4,7,11-12H2,1-3H3,(H,26,27). The summed E-state index contributed by atoms with van der Waals surface area (Å²) in [4.78, 5) is 16.3. The molecule has 29 heavy (non-hydrogen) atoms. The van der Waals surface area contributed by atoms with Gasteiger partial charge in [-0.05, 0) is 48.6 Å². The number of hydrogen-bond acceptors (Lipinski definition) is 4. The Morgan fingerprint density at radius 2 is 1.93 bits per heavy atom. The summed E-state index contributed by atoms with van der Waals surface area (Å²) in [6.07, 6.45) is -3.39. The lowest BCUT2D eigenvalue weighted by Crippen LogP contribution is -2.26. The topological polar surface area (TPSA) is 51.2 Å². The van der Waals surface area contributed by atoms with Crippen molar-refractivity contribution in [3.8, 4) is 5.75 Å². The lowest BCUT2D eigenvalue weighted by atomic mass is 9.76. The molecule has 156 valence electrons. The van der Waals surface area contributed by atoms with E-state index < -0.39 is 17.7 Å². The van der Waals surface area contributed by atoms with Crippen LogP contribution in [0.3, 0.4) is 0 Å². The molecular formula is C22H25F3N2O2. The average Bonchev–Trinajstić information content (AvgIpc) is 2.67. The first-order valence-electron chi connectivity index (χ1n) is 9.66. The fourth-order valence-electron chi connectivity index (χ4n) is 3.87. The van der Waals surface area contributed by atoms with Gasteiger partial charge in [-0.25, -0.2) is 4.98 Å². The lowest BCUT2D eigenvalue weighted by Gasteiger charge is -2.30. The molecular weight excluding hydrogens is 381 g/mol. The summed E-state index contributed by atoms with van der Waals surface area (Å²) in [7, 11) is 1.58. The second-order valence-corrected chi connectivity index (χ2v) is 7.65. The van der Waals surface area contributed by atoms with Crippen molar-refractivity contribution in [2.75, 3.05) is 12.4 Å². The number of anilines is 1. The monoisotopic (exact) mass is 406 g/mol. The van der Waals surface area contributed by atoms with Crippen LogP contribution >= 0.6 is 0 Å². The number of methoxy groups -OCH3 is 1. The van der Waals surface area contributed by atoms with Gasteiger partial charge in [0.25, 0.3) is 0 Å². The number of alkyl halides is 3. The number of carbonyl (C=O) groups excluding carboxylic acids is 1. The molecule has 0 radical (unpaired) electrons. The molecule has 0 aliphatic heterocycles. The molecule has 2 aromatic rings. The van der Waals surface area contributed by atoms with E-state index in [-0.39, 0.29) is 29.4 Å². The second-order valence-electron chi connectivity index (χ2n) is 7.65. The third kappa shape index (κ3) is 4.89. The molecule has 0 spiro atoms. The molecule has 1 aliphatic rings. The zero-order chi connectivity index (χ0) is 21.2. The smallest absolute Gasteiger partial charge is 0.418 e. The van der Waals surface area contributed by atoms with E-state index in [4.69, 9.17) is 4.74 Å². The number of rotatable bonds is 5. The summed E-state index contributed by atoms with van der Waals surface area (Å²) in [5, 5.41) is 3.12. The van der Waals surface area contributed by atoms with Crippen LogP contribution in [0.15, 0.2) is 30.3 Å². The first-order chi connectivity index (χ1) is 13.7. The van der Waals surface area contributed by atoms with Crippen molar-refractivity contribution < 1.29 is 22.7 Å². The van der Waals surface area contributed by atoms with Crippen molar-refractivity contribution in [3.63, 3.8) is 0 Å². The SMILES string of the molecule is COc1ccc(CNc2cc(C)c(C(F)(F)F)c(C3CC(=O)CCC3C)n2)cc1. The lowest BCUT2D eigenvalue weighted by molar-refractivity contribution is -0.139. The number of nitrogens with zero attached hydrogens (tertiary/aromatic N) is 1. The Balaban J connectivity index is 1.92. The molecule has 1 N–H and O–H groups in total. The molecule has 7 heteroatoms. The van der Waals surface area contributed by atoms with Gasteiger partial charge in [-0.1, -0.05) is 19.1 Å². The zero-order valence-electron chi connectivity index (χ0n) is 16.8. The summed E-state index contributed by atoms with van der Waals surface area (Å²) in [6, 6.07) is 8.83. The fraction of sp³-hybridized carbons (Fsp3) is 0.455. The van der Waals surface area contributed by atoms with Crippen LogP contribution in [0.25, 0.3) is 0 Å². The number of ketones is 1. The van der Waals surface area contributed by atoms with E-state index in [1.165, 1.54) is 13.0 Å².